The molecule has 0 spiro atoms. The Morgan fingerprint density at radius 2 is 1.86 bits per heavy atom. The minimum absolute atomic E-state index is 0.492. The topological polar surface area (TPSA) is 24.5 Å². The molecule has 1 unspecified atom stereocenters. The van der Waals surface area contributed by atoms with Crippen LogP contribution in [0.2, 0.25) is 0 Å². The van der Waals surface area contributed by atoms with E-state index in [1.54, 1.807) is 0 Å². The fraction of sp³-hybridized carbons (Fsp3) is 1.00. The lowest BCUT2D eigenvalue weighted by Gasteiger charge is -2.38. The van der Waals surface area contributed by atoms with Crippen LogP contribution in [-0.2, 0) is 4.74 Å². The molecule has 3 heteroatoms. The summed E-state index contributed by atoms with van der Waals surface area (Å²) in [6.07, 6.45) is 6.80. The van der Waals surface area contributed by atoms with Gasteiger partial charge in [-0.3, -0.25) is 4.90 Å². The lowest BCUT2D eigenvalue weighted by atomic mass is 9.84. The number of nitrogens with zero attached hydrogens (tertiary/aromatic N) is 1. The van der Waals surface area contributed by atoms with Gasteiger partial charge in [-0.05, 0) is 44.1 Å². The molecule has 0 amide bonds. The Balaban J connectivity index is 2.59. The zero-order chi connectivity index (χ0) is 15.7. The summed E-state index contributed by atoms with van der Waals surface area (Å²) in [4.78, 5) is 2.66. The SMILES string of the molecule is CCC(C)N(CCOC)CC1(CNCC(C)C)CCCC1. The molecule has 126 valence electrons. The van der Waals surface area contributed by atoms with Gasteiger partial charge in [0.25, 0.3) is 0 Å². The van der Waals surface area contributed by atoms with Gasteiger partial charge in [0.2, 0.25) is 0 Å². The second-order valence-corrected chi connectivity index (χ2v) is 7.45. The second kappa shape index (κ2) is 9.81. The van der Waals surface area contributed by atoms with Crippen molar-refractivity contribution in [3.63, 3.8) is 0 Å². The highest BCUT2D eigenvalue weighted by molar-refractivity contribution is 4.90. The first-order valence-electron chi connectivity index (χ1n) is 8.96. The highest BCUT2D eigenvalue weighted by atomic mass is 16.5. The van der Waals surface area contributed by atoms with Crippen LogP contribution in [0.3, 0.4) is 0 Å². The van der Waals surface area contributed by atoms with Crippen molar-refractivity contribution in [1.82, 2.24) is 10.2 Å². The van der Waals surface area contributed by atoms with E-state index in [-0.39, 0.29) is 0 Å². The molecule has 1 rings (SSSR count). The Morgan fingerprint density at radius 1 is 1.19 bits per heavy atom. The van der Waals surface area contributed by atoms with Crippen LogP contribution in [0.1, 0.15) is 59.8 Å². The van der Waals surface area contributed by atoms with Gasteiger partial charge in [0, 0.05) is 32.8 Å². The van der Waals surface area contributed by atoms with Gasteiger partial charge < -0.3 is 10.1 Å². The van der Waals surface area contributed by atoms with Crippen LogP contribution >= 0.6 is 0 Å². The summed E-state index contributed by atoms with van der Waals surface area (Å²) in [5, 5.41) is 3.73. The van der Waals surface area contributed by atoms with Crippen molar-refractivity contribution in [2.75, 3.05) is 39.9 Å². The lowest BCUT2D eigenvalue weighted by molar-refractivity contribution is 0.0779. The second-order valence-electron chi connectivity index (χ2n) is 7.45. The maximum Gasteiger partial charge on any atom is 0.0589 e. The molecule has 1 atom stereocenters. The third-order valence-corrected chi connectivity index (χ3v) is 5.05. The molecule has 3 nitrogen and oxygen atoms in total. The standard InChI is InChI=1S/C18H38N2O/c1-6-17(4)20(11-12-21-5)15-18(9-7-8-10-18)14-19-13-16(2)3/h16-17,19H,6-15H2,1-5H3. The first kappa shape index (κ1) is 18.9. The number of methoxy groups -OCH3 is 1. The van der Waals surface area contributed by atoms with E-state index in [0.29, 0.717) is 11.5 Å². The van der Waals surface area contributed by atoms with E-state index in [0.717, 1.165) is 25.6 Å². The summed E-state index contributed by atoms with van der Waals surface area (Å²) in [7, 11) is 1.81. The van der Waals surface area contributed by atoms with Gasteiger partial charge in [-0.25, -0.2) is 0 Å². The van der Waals surface area contributed by atoms with Crippen LogP contribution in [0.5, 0.6) is 0 Å². The molecule has 0 radical (unpaired) electrons. The van der Waals surface area contributed by atoms with Crippen molar-refractivity contribution in [2.45, 2.75) is 65.8 Å². The van der Waals surface area contributed by atoms with Crippen molar-refractivity contribution in [2.24, 2.45) is 11.3 Å². The summed E-state index contributed by atoms with van der Waals surface area (Å²) >= 11 is 0. The molecule has 0 aromatic rings. The van der Waals surface area contributed by atoms with Gasteiger partial charge in [0.15, 0.2) is 0 Å². The van der Waals surface area contributed by atoms with Crippen molar-refractivity contribution < 1.29 is 4.74 Å². The molecule has 1 N–H and O–H groups in total. The molecule has 1 aliphatic carbocycles. The van der Waals surface area contributed by atoms with Crippen LogP contribution < -0.4 is 5.32 Å². The zero-order valence-electron chi connectivity index (χ0n) is 15.1. The Labute approximate surface area is 132 Å². The smallest absolute Gasteiger partial charge is 0.0589 e. The van der Waals surface area contributed by atoms with Crippen LogP contribution in [0.25, 0.3) is 0 Å². The van der Waals surface area contributed by atoms with Crippen molar-refractivity contribution in [3.8, 4) is 0 Å². The third kappa shape index (κ3) is 6.66. The van der Waals surface area contributed by atoms with E-state index in [9.17, 15) is 0 Å². The van der Waals surface area contributed by atoms with Crippen molar-refractivity contribution >= 4 is 0 Å². The van der Waals surface area contributed by atoms with Crippen molar-refractivity contribution in [3.05, 3.63) is 0 Å². The summed E-state index contributed by atoms with van der Waals surface area (Å²) in [6.45, 7) is 14.7. The molecule has 0 saturated heterocycles. The number of ether oxygens (including phenoxy) is 1. The van der Waals surface area contributed by atoms with Crippen LogP contribution in [-0.4, -0.2) is 50.8 Å². The van der Waals surface area contributed by atoms with E-state index in [4.69, 9.17) is 4.74 Å². The van der Waals surface area contributed by atoms with Crippen molar-refractivity contribution in [1.29, 1.82) is 0 Å². The van der Waals surface area contributed by atoms with Gasteiger partial charge in [0.1, 0.15) is 0 Å². The monoisotopic (exact) mass is 298 g/mol. The van der Waals surface area contributed by atoms with E-state index in [2.05, 4.69) is 37.9 Å². The van der Waals surface area contributed by atoms with E-state index < -0.39 is 0 Å². The van der Waals surface area contributed by atoms with Crippen LogP contribution in [0.4, 0.5) is 0 Å². The molecular weight excluding hydrogens is 260 g/mol. The molecule has 21 heavy (non-hydrogen) atoms. The molecule has 0 heterocycles. The number of nitrogens with one attached hydrogen (secondary N) is 1. The average Bonchev–Trinajstić information content (AvgIpc) is 2.91. The van der Waals surface area contributed by atoms with Gasteiger partial charge in [-0.15, -0.1) is 0 Å². The molecule has 0 aromatic carbocycles. The van der Waals surface area contributed by atoms with E-state index >= 15 is 0 Å². The molecule has 0 aromatic heterocycles. The third-order valence-electron chi connectivity index (χ3n) is 5.05. The zero-order valence-corrected chi connectivity index (χ0v) is 15.1. The highest BCUT2D eigenvalue weighted by Crippen LogP contribution is 2.38. The first-order chi connectivity index (χ1) is 10.0. The van der Waals surface area contributed by atoms with E-state index in [1.807, 2.05) is 7.11 Å². The molecule has 1 saturated carbocycles. The maximum atomic E-state index is 5.32. The molecule has 0 bridgehead atoms. The normalized spacial score (nSPS) is 19.6. The minimum Gasteiger partial charge on any atom is -0.383 e. The summed E-state index contributed by atoms with van der Waals surface area (Å²) in [6, 6.07) is 0.655. The Kier molecular flexibility index (Phi) is 8.84. The number of rotatable bonds is 11. The maximum absolute atomic E-state index is 5.32. The fourth-order valence-corrected chi connectivity index (χ4v) is 3.49. The minimum atomic E-state index is 0.492. The largest absolute Gasteiger partial charge is 0.383 e. The van der Waals surface area contributed by atoms with Crippen LogP contribution in [0.15, 0.2) is 0 Å². The quantitative estimate of drug-likeness (QED) is 0.631. The van der Waals surface area contributed by atoms with Gasteiger partial charge in [0.05, 0.1) is 6.61 Å². The number of hydrogen-bond acceptors (Lipinski definition) is 3. The predicted octanol–water partition coefficient (Wildman–Crippen LogP) is 3.54. The summed E-state index contributed by atoms with van der Waals surface area (Å²) in [5.41, 5.74) is 0.492. The summed E-state index contributed by atoms with van der Waals surface area (Å²) < 4.78 is 5.32. The van der Waals surface area contributed by atoms with Crippen LogP contribution in [0, 0.1) is 11.3 Å². The van der Waals surface area contributed by atoms with Gasteiger partial charge in [-0.2, -0.15) is 0 Å². The average molecular weight is 299 g/mol. The Bertz CT molecular complexity index is 262. The highest BCUT2D eigenvalue weighted by Gasteiger charge is 2.36. The predicted molar refractivity (Wildman–Crippen MR) is 91.8 cm³/mol. The molecule has 0 aliphatic heterocycles. The molecule has 1 fully saturated rings. The lowest BCUT2D eigenvalue weighted by Crippen LogP contribution is -2.47. The molecule has 1 aliphatic rings. The first-order valence-corrected chi connectivity index (χ1v) is 8.96. The van der Waals surface area contributed by atoms with Gasteiger partial charge in [-0.1, -0.05) is 33.6 Å². The van der Waals surface area contributed by atoms with E-state index in [1.165, 1.54) is 45.2 Å². The Hall–Kier alpha value is -0.120. The molecular formula is C18H38N2O. The van der Waals surface area contributed by atoms with Gasteiger partial charge >= 0.3 is 0 Å². The fourth-order valence-electron chi connectivity index (χ4n) is 3.49. The number of hydrogen-bond donors (Lipinski definition) is 1. The Morgan fingerprint density at radius 3 is 2.38 bits per heavy atom. The summed E-state index contributed by atoms with van der Waals surface area (Å²) in [5.74, 6) is 0.739.